The van der Waals surface area contributed by atoms with Gasteiger partial charge in [-0.15, -0.1) is 5.10 Å². The van der Waals surface area contributed by atoms with Crippen molar-refractivity contribution in [3.05, 3.63) is 123 Å². The van der Waals surface area contributed by atoms with E-state index in [0.29, 0.717) is 24.5 Å². The summed E-state index contributed by atoms with van der Waals surface area (Å²) < 4.78 is 1.84. The van der Waals surface area contributed by atoms with E-state index in [-0.39, 0.29) is 16.5 Å². The molecule has 1 atom stereocenters. The molecule has 7 nitrogen and oxygen atoms in total. The van der Waals surface area contributed by atoms with Crippen LogP contribution in [-0.4, -0.2) is 30.1 Å². The van der Waals surface area contributed by atoms with E-state index in [9.17, 15) is 4.79 Å². The molecule has 3 aromatic carbocycles. The van der Waals surface area contributed by atoms with Gasteiger partial charge in [-0.2, -0.15) is 0 Å². The molecule has 0 spiro atoms. The summed E-state index contributed by atoms with van der Waals surface area (Å²) in [4.78, 5) is 19.3. The predicted molar refractivity (Wildman–Crippen MR) is 165 cm³/mol. The van der Waals surface area contributed by atoms with Gasteiger partial charge in [-0.1, -0.05) is 87.5 Å². The number of fused-ring (bicyclic) bond motifs is 1. The van der Waals surface area contributed by atoms with Crippen LogP contribution in [0.4, 0.5) is 0 Å². The van der Waals surface area contributed by atoms with Crippen molar-refractivity contribution >= 4 is 10.9 Å². The SMILES string of the molecule is Cc1ccc2cc([C@@H](c3nnnn3C(C)(C)C)N(Cc3ccccc3)Cc3ccc(C(C)(C)C)cc3)c(=O)[nH]c2c1. The molecule has 0 fully saturated rings. The topological polar surface area (TPSA) is 79.7 Å². The molecule has 0 aliphatic rings. The van der Waals surface area contributed by atoms with E-state index in [0.717, 1.165) is 27.6 Å². The van der Waals surface area contributed by atoms with Crippen LogP contribution in [0.1, 0.15) is 81.2 Å². The molecule has 0 radical (unpaired) electrons. The highest BCUT2D eigenvalue weighted by Crippen LogP contribution is 2.32. The molecule has 0 aliphatic heterocycles. The molecule has 0 aliphatic carbocycles. The molecule has 0 saturated carbocycles. The van der Waals surface area contributed by atoms with Crippen molar-refractivity contribution in [1.82, 2.24) is 30.1 Å². The summed E-state index contributed by atoms with van der Waals surface area (Å²) in [6, 6.07) is 26.8. The number of hydrogen-bond donors (Lipinski definition) is 1. The molecule has 7 heteroatoms. The highest BCUT2D eigenvalue weighted by atomic mass is 16.1. The van der Waals surface area contributed by atoms with Crippen LogP contribution < -0.4 is 5.56 Å². The molecule has 2 heterocycles. The molecule has 0 unspecified atom stereocenters. The number of aromatic nitrogens is 5. The third-order valence-corrected chi connectivity index (χ3v) is 7.50. The molecular weight excluding hydrogens is 508 g/mol. The van der Waals surface area contributed by atoms with E-state index < -0.39 is 6.04 Å². The van der Waals surface area contributed by atoms with Crippen molar-refractivity contribution in [3.8, 4) is 0 Å². The summed E-state index contributed by atoms with van der Waals surface area (Å²) in [6.07, 6.45) is 0. The van der Waals surface area contributed by atoms with Crippen molar-refractivity contribution in [2.45, 2.75) is 78.6 Å². The van der Waals surface area contributed by atoms with Crippen LogP contribution in [0.25, 0.3) is 10.9 Å². The summed E-state index contributed by atoms with van der Waals surface area (Å²) in [5.74, 6) is 0.636. The number of aromatic amines is 1. The summed E-state index contributed by atoms with van der Waals surface area (Å²) in [7, 11) is 0. The fraction of sp³-hybridized carbons (Fsp3) is 0.353. The second-order valence-electron chi connectivity index (χ2n) is 13.0. The fourth-order valence-corrected chi connectivity index (χ4v) is 5.28. The number of aryl methyl sites for hydroxylation is 1. The van der Waals surface area contributed by atoms with Gasteiger partial charge in [0.2, 0.25) is 0 Å². The standard InChI is InChI=1S/C34H40N6O/c1-23-13-16-26-20-28(32(41)35-29(26)19-23)30(31-36-37-38-40(31)34(5,6)7)39(21-24-11-9-8-10-12-24)22-25-14-17-27(18-15-25)33(2,3)4/h8-20,30H,21-22H2,1-7H3,(H,35,41)/t30-/m0/s1. The molecule has 41 heavy (non-hydrogen) atoms. The van der Waals surface area contributed by atoms with Gasteiger partial charge >= 0.3 is 0 Å². The lowest BCUT2D eigenvalue weighted by molar-refractivity contribution is 0.184. The van der Waals surface area contributed by atoms with Gasteiger partial charge in [-0.05, 0) is 83.3 Å². The van der Waals surface area contributed by atoms with E-state index in [1.807, 2.05) is 41.9 Å². The monoisotopic (exact) mass is 548 g/mol. The number of hydrogen-bond acceptors (Lipinski definition) is 5. The van der Waals surface area contributed by atoms with Gasteiger partial charge in [0.1, 0.15) is 6.04 Å². The van der Waals surface area contributed by atoms with Gasteiger partial charge < -0.3 is 4.98 Å². The largest absolute Gasteiger partial charge is 0.322 e. The average molecular weight is 549 g/mol. The first-order valence-corrected chi connectivity index (χ1v) is 14.2. The average Bonchev–Trinajstić information content (AvgIpc) is 3.40. The number of nitrogens with zero attached hydrogens (tertiary/aromatic N) is 5. The van der Waals surface area contributed by atoms with Gasteiger partial charge in [0.05, 0.1) is 5.54 Å². The maximum Gasteiger partial charge on any atom is 0.253 e. The number of nitrogens with one attached hydrogen (secondary N) is 1. The summed E-state index contributed by atoms with van der Waals surface area (Å²) in [5, 5.41) is 14.0. The van der Waals surface area contributed by atoms with Crippen molar-refractivity contribution in [2.24, 2.45) is 0 Å². The van der Waals surface area contributed by atoms with Gasteiger partial charge in [-0.25, -0.2) is 4.68 Å². The Morgan fingerprint density at radius 1 is 0.854 bits per heavy atom. The first kappa shape index (κ1) is 28.4. The maximum atomic E-state index is 13.8. The highest BCUT2D eigenvalue weighted by Gasteiger charge is 2.33. The molecule has 0 amide bonds. The third kappa shape index (κ3) is 6.30. The van der Waals surface area contributed by atoms with E-state index in [1.54, 1.807) is 0 Å². The van der Waals surface area contributed by atoms with Crippen LogP contribution in [0.3, 0.4) is 0 Å². The number of pyridine rings is 1. The first-order valence-electron chi connectivity index (χ1n) is 14.2. The smallest absolute Gasteiger partial charge is 0.253 e. The van der Waals surface area contributed by atoms with Crippen molar-refractivity contribution < 1.29 is 0 Å². The van der Waals surface area contributed by atoms with Gasteiger partial charge in [0, 0.05) is 24.2 Å². The van der Waals surface area contributed by atoms with E-state index in [2.05, 4.69) is 115 Å². The molecular formula is C34H40N6O. The van der Waals surface area contributed by atoms with Crippen LogP contribution in [0.15, 0.2) is 83.7 Å². The number of rotatable bonds is 7. The quantitative estimate of drug-likeness (QED) is 0.246. The van der Waals surface area contributed by atoms with Crippen LogP contribution in [-0.2, 0) is 24.0 Å². The lowest BCUT2D eigenvalue weighted by atomic mass is 9.86. The molecule has 2 aromatic heterocycles. The lowest BCUT2D eigenvalue weighted by Gasteiger charge is -2.33. The maximum absolute atomic E-state index is 13.8. The third-order valence-electron chi connectivity index (χ3n) is 7.50. The van der Waals surface area contributed by atoms with Gasteiger partial charge in [0.15, 0.2) is 5.82 Å². The minimum Gasteiger partial charge on any atom is -0.322 e. The van der Waals surface area contributed by atoms with E-state index in [4.69, 9.17) is 0 Å². The fourth-order valence-electron chi connectivity index (χ4n) is 5.28. The zero-order valence-corrected chi connectivity index (χ0v) is 25.1. The minimum atomic E-state index is -0.499. The second kappa shape index (κ2) is 11.1. The van der Waals surface area contributed by atoms with E-state index in [1.165, 1.54) is 5.56 Å². The number of tetrazole rings is 1. The van der Waals surface area contributed by atoms with Crippen LogP contribution >= 0.6 is 0 Å². The molecule has 0 bridgehead atoms. The Morgan fingerprint density at radius 3 is 2.15 bits per heavy atom. The highest BCUT2D eigenvalue weighted by molar-refractivity contribution is 5.79. The molecule has 5 rings (SSSR count). The molecule has 212 valence electrons. The molecule has 0 saturated heterocycles. The van der Waals surface area contributed by atoms with Crippen LogP contribution in [0.5, 0.6) is 0 Å². The van der Waals surface area contributed by atoms with Gasteiger partial charge in [0.25, 0.3) is 5.56 Å². The van der Waals surface area contributed by atoms with Crippen molar-refractivity contribution in [2.75, 3.05) is 0 Å². The zero-order chi connectivity index (χ0) is 29.4. The lowest BCUT2D eigenvalue weighted by Crippen LogP contribution is -2.37. The number of benzene rings is 3. The zero-order valence-electron chi connectivity index (χ0n) is 25.1. The Kier molecular flexibility index (Phi) is 7.66. The summed E-state index contributed by atoms with van der Waals surface area (Å²) in [5.41, 5.74) is 5.65. The summed E-state index contributed by atoms with van der Waals surface area (Å²) >= 11 is 0. The van der Waals surface area contributed by atoms with Crippen molar-refractivity contribution in [3.63, 3.8) is 0 Å². The van der Waals surface area contributed by atoms with Crippen LogP contribution in [0, 0.1) is 6.92 Å². The second-order valence-corrected chi connectivity index (χ2v) is 13.0. The molecule has 5 aromatic rings. The van der Waals surface area contributed by atoms with Crippen molar-refractivity contribution in [1.29, 1.82) is 0 Å². The van der Waals surface area contributed by atoms with Crippen LogP contribution in [0.2, 0.25) is 0 Å². The Balaban J connectivity index is 1.70. The first-order chi connectivity index (χ1) is 19.4. The Labute approximate surface area is 242 Å². The summed E-state index contributed by atoms with van der Waals surface area (Å²) in [6.45, 7) is 16.1. The Hall–Kier alpha value is -4.10. The molecule has 1 N–H and O–H groups in total. The number of H-pyrrole nitrogens is 1. The van der Waals surface area contributed by atoms with Gasteiger partial charge in [-0.3, -0.25) is 9.69 Å². The normalized spacial score (nSPS) is 13.2. The minimum absolute atomic E-state index is 0.0658. The predicted octanol–water partition coefficient (Wildman–Crippen LogP) is 6.67. The Bertz CT molecular complexity index is 1690. The van der Waals surface area contributed by atoms with E-state index >= 15 is 0 Å². The Morgan fingerprint density at radius 2 is 1.51 bits per heavy atom.